The van der Waals surface area contributed by atoms with Gasteiger partial charge in [0.25, 0.3) is 5.69 Å². The molecule has 4 rings (SSSR count). The predicted octanol–water partition coefficient (Wildman–Crippen LogP) is 3.77. The van der Waals surface area contributed by atoms with Crippen LogP contribution in [0.1, 0.15) is 15.9 Å². The van der Waals surface area contributed by atoms with Crippen LogP contribution in [-0.2, 0) is 13.1 Å². The molecule has 0 spiro atoms. The van der Waals surface area contributed by atoms with E-state index < -0.39 is 4.92 Å². The standard InChI is InChI=1S/C22H18N3O3/c26-22(18-9-6-10-19(13-18)25(27)28)15-24-16-23(14-17-7-2-1-3-8-17)20-11-4-5-12-21(20)24/h1-13,16H,14-15H2/q+1. The Kier molecular flexibility index (Phi) is 4.68. The molecule has 0 bridgehead atoms. The molecule has 0 atom stereocenters. The van der Waals surface area contributed by atoms with Gasteiger partial charge in [-0.25, -0.2) is 9.13 Å². The first-order valence-electron chi connectivity index (χ1n) is 8.91. The van der Waals surface area contributed by atoms with E-state index in [0.29, 0.717) is 12.1 Å². The van der Waals surface area contributed by atoms with Crippen LogP contribution in [0.5, 0.6) is 0 Å². The Hall–Kier alpha value is -3.80. The number of fused-ring (bicyclic) bond motifs is 1. The van der Waals surface area contributed by atoms with Gasteiger partial charge in [0.05, 0.1) is 4.92 Å². The molecule has 138 valence electrons. The fourth-order valence-corrected chi connectivity index (χ4v) is 3.31. The minimum absolute atomic E-state index is 0.0812. The largest absolute Gasteiger partial charge is 0.290 e. The van der Waals surface area contributed by atoms with Gasteiger partial charge in [-0.3, -0.25) is 14.9 Å². The van der Waals surface area contributed by atoms with Crippen LogP contribution in [0.15, 0.2) is 85.2 Å². The SMILES string of the molecule is O=C(Cn1c[n+](Cc2ccccc2)c2ccccc21)c1cccc([N+](=O)[O-])c1. The smallest absolute Gasteiger partial charge is 0.270 e. The molecule has 0 amide bonds. The lowest BCUT2D eigenvalue weighted by Crippen LogP contribution is -2.33. The summed E-state index contributed by atoms with van der Waals surface area (Å²) in [6, 6.07) is 23.9. The van der Waals surface area contributed by atoms with E-state index in [1.807, 2.05) is 53.4 Å². The highest BCUT2D eigenvalue weighted by atomic mass is 16.6. The molecular formula is C22H18N3O3+. The summed E-state index contributed by atoms with van der Waals surface area (Å²) in [5.41, 5.74) is 3.39. The number of non-ortho nitro benzene ring substituents is 1. The van der Waals surface area contributed by atoms with Gasteiger partial charge in [-0.05, 0) is 17.7 Å². The molecule has 4 aromatic rings. The maximum atomic E-state index is 12.7. The Bertz CT molecular complexity index is 1170. The lowest BCUT2D eigenvalue weighted by atomic mass is 10.1. The van der Waals surface area contributed by atoms with E-state index in [4.69, 9.17) is 0 Å². The van der Waals surface area contributed by atoms with Gasteiger partial charge in [0.1, 0.15) is 6.54 Å². The summed E-state index contributed by atoms with van der Waals surface area (Å²) >= 11 is 0. The topological polar surface area (TPSA) is 69.0 Å². The first kappa shape index (κ1) is 17.6. The molecule has 6 heteroatoms. The van der Waals surface area contributed by atoms with Crippen molar-refractivity contribution < 1.29 is 14.3 Å². The average Bonchev–Trinajstić information content (AvgIpc) is 3.06. The molecule has 1 aromatic heterocycles. The number of ketones is 1. The highest BCUT2D eigenvalue weighted by molar-refractivity contribution is 5.97. The minimum Gasteiger partial charge on any atom is -0.290 e. The fraction of sp³-hybridized carbons (Fsp3) is 0.0909. The summed E-state index contributed by atoms with van der Waals surface area (Å²) in [6.45, 7) is 0.808. The van der Waals surface area contributed by atoms with Gasteiger partial charge in [-0.15, -0.1) is 0 Å². The van der Waals surface area contributed by atoms with Gasteiger partial charge < -0.3 is 0 Å². The van der Waals surface area contributed by atoms with E-state index in [2.05, 4.69) is 16.7 Å². The van der Waals surface area contributed by atoms with Gasteiger partial charge in [-0.2, -0.15) is 0 Å². The number of Topliss-reactive ketones (excluding diaryl/α,β-unsaturated/α-hetero) is 1. The van der Waals surface area contributed by atoms with Crippen LogP contribution in [0.2, 0.25) is 0 Å². The van der Waals surface area contributed by atoms with Crippen molar-refractivity contribution in [3.63, 3.8) is 0 Å². The lowest BCUT2D eigenvalue weighted by Gasteiger charge is -2.00. The molecule has 0 saturated heterocycles. The highest BCUT2D eigenvalue weighted by Crippen LogP contribution is 2.16. The quantitative estimate of drug-likeness (QED) is 0.224. The molecule has 0 aliphatic heterocycles. The van der Waals surface area contributed by atoms with E-state index in [9.17, 15) is 14.9 Å². The van der Waals surface area contributed by atoms with E-state index >= 15 is 0 Å². The van der Waals surface area contributed by atoms with Gasteiger partial charge in [0.2, 0.25) is 12.1 Å². The first-order chi connectivity index (χ1) is 13.6. The molecule has 0 aliphatic carbocycles. The number of carbonyl (C=O) groups is 1. The number of nitro benzene ring substituents is 1. The third-order valence-electron chi connectivity index (χ3n) is 4.67. The van der Waals surface area contributed by atoms with Crippen LogP contribution in [0, 0.1) is 10.1 Å². The molecule has 0 unspecified atom stereocenters. The Morgan fingerprint density at radius 1 is 0.964 bits per heavy atom. The van der Waals surface area contributed by atoms with Crippen LogP contribution < -0.4 is 4.57 Å². The van der Waals surface area contributed by atoms with Crippen molar-refractivity contribution in [2.45, 2.75) is 13.1 Å². The van der Waals surface area contributed by atoms with Crippen molar-refractivity contribution in [3.8, 4) is 0 Å². The van der Waals surface area contributed by atoms with E-state index in [1.165, 1.54) is 23.8 Å². The lowest BCUT2D eigenvalue weighted by molar-refractivity contribution is -0.663. The molecule has 28 heavy (non-hydrogen) atoms. The third kappa shape index (κ3) is 3.53. The monoisotopic (exact) mass is 372 g/mol. The summed E-state index contributed by atoms with van der Waals surface area (Å²) in [7, 11) is 0. The fourth-order valence-electron chi connectivity index (χ4n) is 3.31. The van der Waals surface area contributed by atoms with Crippen LogP contribution in [0.25, 0.3) is 11.0 Å². The Labute approximate surface area is 161 Å². The molecule has 6 nitrogen and oxygen atoms in total. The second kappa shape index (κ2) is 7.44. The van der Waals surface area contributed by atoms with Crippen LogP contribution in [0.4, 0.5) is 5.69 Å². The van der Waals surface area contributed by atoms with Gasteiger partial charge >= 0.3 is 0 Å². The number of hydrogen-bond acceptors (Lipinski definition) is 3. The van der Waals surface area contributed by atoms with Crippen molar-refractivity contribution in [2.24, 2.45) is 0 Å². The third-order valence-corrected chi connectivity index (χ3v) is 4.67. The number of rotatable bonds is 6. The number of nitrogens with zero attached hydrogens (tertiary/aromatic N) is 3. The van der Waals surface area contributed by atoms with Gasteiger partial charge in [0, 0.05) is 17.7 Å². The number of benzene rings is 3. The average molecular weight is 372 g/mol. The number of imidazole rings is 1. The van der Waals surface area contributed by atoms with Crippen molar-refractivity contribution in [3.05, 3.63) is 106 Å². The number of carbonyl (C=O) groups excluding carboxylic acids is 1. The van der Waals surface area contributed by atoms with E-state index in [-0.39, 0.29) is 18.0 Å². The summed E-state index contributed by atoms with van der Waals surface area (Å²) in [4.78, 5) is 23.2. The zero-order valence-corrected chi connectivity index (χ0v) is 15.1. The van der Waals surface area contributed by atoms with Crippen molar-refractivity contribution in [2.75, 3.05) is 0 Å². The number of hydrogen-bond donors (Lipinski definition) is 0. The molecule has 0 fully saturated rings. The second-order valence-corrected chi connectivity index (χ2v) is 6.58. The second-order valence-electron chi connectivity index (χ2n) is 6.58. The van der Waals surface area contributed by atoms with Gasteiger partial charge in [-0.1, -0.05) is 54.6 Å². The molecular weight excluding hydrogens is 354 g/mol. The summed E-state index contributed by atoms with van der Waals surface area (Å²) in [5.74, 6) is -0.170. The zero-order valence-electron chi connectivity index (χ0n) is 15.1. The normalized spacial score (nSPS) is 10.9. The maximum absolute atomic E-state index is 12.7. The predicted molar refractivity (Wildman–Crippen MR) is 105 cm³/mol. The Morgan fingerprint density at radius 2 is 1.71 bits per heavy atom. The molecule has 0 N–H and O–H groups in total. The molecule has 0 aliphatic rings. The van der Waals surface area contributed by atoms with Crippen molar-refractivity contribution in [1.82, 2.24) is 4.57 Å². The van der Waals surface area contributed by atoms with Gasteiger partial charge in [0.15, 0.2) is 17.6 Å². The van der Waals surface area contributed by atoms with Crippen molar-refractivity contribution >= 4 is 22.5 Å². The van der Waals surface area contributed by atoms with E-state index in [0.717, 1.165) is 11.0 Å². The molecule has 0 radical (unpaired) electrons. The van der Waals surface area contributed by atoms with Crippen molar-refractivity contribution in [1.29, 1.82) is 0 Å². The summed E-state index contributed by atoms with van der Waals surface area (Å²) in [6.07, 6.45) is 1.92. The number of para-hydroxylation sites is 2. The summed E-state index contributed by atoms with van der Waals surface area (Å²) < 4.78 is 3.99. The Balaban J connectivity index is 1.66. The number of nitro groups is 1. The zero-order chi connectivity index (χ0) is 19.5. The summed E-state index contributed by atoms with van der Waals surface area (Å²) in [5, 5.41) is 11.0. The van der Waals surface area contributed by atoms with Crippen LogP contribution >= 0.6 is 0 Å². The molecule has 3 aromatic carbocycles. The van der Waals surface area contributed by atoms with E-state index in [1.54, 1.807) is 6.07 Å². The molecule has 1 heterocycles. The van der Waals surface area contributed by atoms with Crippen LogP contribution in [0.3, 0.4) is 0 Å². The number of aromatic nitrogens is 2. The van der Waals surface area contributed by atoms with Crippen LogP contribution in [-0.4, -0.2) is 15.3 Å². The Morgan fingerprint density at radius 3 is 2.50 bits per heavy atom. The first-order valence-corrected chi connectivity index (χ1v) is 8.91. The molecule has 0 saturated carbocycles. The maximum Gasteiger partial charge on any atom is 0.270 e. The highest BCUT2D eigenvalue weighted by Gasteiger charge is 2.20. The minimum atomic E-state index is -0.490.